The molecule has 0 rings (SSSR count). The fraction of sp³-hybridized carbons (Fsp3) is 0.944. The van der Waals surface area contributed by atoms with Crippen LogP contribution in [0.2, 0.25) is 0 Å². The number of carboxylic acid groups (broad SMARTS) is 4. The molecule has 0 heterocycles. The third-order valence-corrected chi connectivity index (χ3v) is 15.9. The van der Waals surface area contributed by atoms with Gasteiger partial charge in [-0.25, -0.2) is 0 Å². The maximum absolute atomic E-state index is 10.2. The summed E-state index contributed by atoms with van der Waals surface area (Å²) in [7, 11) is 0. The van der Waals surface area contributed by atoms with Crippen LogP contribution in [0.3, 0.4) is 0 Å². The number of carboxylic acids is 4. The van der Waals surface area contributed by atoms with Gasteiger partial charge in [0.2, 0.25) is 0 Å². The topological polar surface area (TPSA) is 161 Å². The molecule has 0 N–H and O–H groups in total. The van der Waals surface area contributed by atoms with Crippen LogP contribution < -0.4 is 20.4 Å². The first-order valence-corrected chi connectivity index (χ1v) is 35.9. The number of aliphatic carboxylic acids is 4. The van der Waals surface area contributed by atoms with Gasteiger partial charge in [-0.15, -0.1) is 0 Å². The Labute approximate surface area is 532 Å². The van der Waals surface area contributed by atoms with Crippen molar-refractivity contribution in [2.75, 3.05) is 0 Å². The Bertz CT molecular complexity index is 998. The molecule has 0 aliphatic carbocycles. The first-order chi connectivity index (χ1) is 39.1. The number of carbonyl (C=O) groups excluding carboxylic acids is 4. The van der Waals surface area contributed by atoms with E-state index in [9.17, 15) is 39.6 Å². The number of unbranched alkanes of at least 4 members (excludes halogenated alkanes) is 56. The predicted molar refractivity (Wildman–Crippen MR) is 338 cm³/mol. The Balaban J connectivity index is -0.000000233. The molecule has 0 amide bonds. The summed E-state index contributed by atoms with van der Waals surface area (Å²) in [5, 5.41) is 40.9. The first-order valence-electron chi connectivity index (χ1n) is 35.9. The summed E-state index contributed by atoms with van der Waals surface area (Å²) in [6.07, 6.45) is 79.4. The minimum atomic E-state index is -0.903. The van der Waals surface area contributed by atoms with Gasteiger partial charge in [0.05, 0.1) is 0 Å². The summed E-state index contributed by atoms with van der Waals surface area (Å²) in [6.45, 7) is 9.07. The second kappa shape index (κ2) is 88.6. The summed E-state index contributed by atoms with van der Waals surface area (Å²) in [4.78, 5) is 40.9. The van der Waals surface area contributed by atoms with E-state index >= 15 is 0 Å². The fourth-order valence-electron chi connectivity index (χ4n) is 10.6. The molecular weight excluding hydrogens is 1110 g/mol. The Hall–Kier alpha value is -1.12. The molecule has 1 radical (unpaired) electrons. The van der Waals surface area contributed by atoms with Gasteiger partial charge in [0.15, 0.2) is 0 Å². The molecule has 0 bridgehead atoms. The average molecular weight is 1250 g/mol. The van der Waals surface area contributed by atoms with E-state index in [4.69, 9.17) is 0 Å². The molecule has 0 aromatic rings. The molecule has 0 saturated carbocycles. The number of carbonyl (C=O) groups is 4. The molecule has 0 aromatic heterocycles. The maximum atomic E-state index is 10.2. The van der Waals surface area contributed by atoms with Gasteiger partial charge in [0.25, 0.3) is 0 Å². The SMILES string of the molecule is CCCCCCCCCCCCCCCCCC(=O)[O-].CCCCCCCCCCCCCCCCCC(=O)[O-].CCCCCCCCCCCCCCCCCC(=O)[O-].CCCCCCCCCCCCCCCCCC(=O)[O-].[Co+2].[Ni+2]. The van der Waals surface area contributed by atoms with Crippen molar-refractivity contribution in [3.8, 4) is 0 Å². The van der Waals surface area contributed by atoms with Crippen LogP contribution in [0.15, 0.2) is 0 Å². The van der Waals surface area contributed by atoms with E-state index < -0.39 is 23.9 Å². The molecule has 0 fully saturated rings. The van der Waals surface area contributed by atoms with Crippen molar-refractivity contribution in [2.24, 2.45) is 0 Å². The van der Waals surface area contributed by atoms with Gasteiger partial charge < -0.3 is 39.6 Å². The number of rotatable bonds is 64. The van der Waals surface area contributed by atoms with Crippen molar-refractivity contribution in [1.29, 1.82) is 0 Å². The Kier molecular flexibility index (Phi) is 99.5. The molecule has 0 unspecified atom stereocenters. The summed E-state index contributed by atoms with van der Waals surface area (Å²) >= 11 is 0. The van der Waals surface area contributed by atoms with Crippen molar-refractivity contribution >= 4 is 23.9 Å². The number of hydrogen-bond acceptors (Lipinski definition) is 8. The van der Waals surface area contributed by atoms with Gasteiger partial charge in [-0.1, -0.05) is 387 Å². The Morgan fingerprint density at radius 3 is 0.317 bits per heavy atom. The minimum absolute atomic E-state index is 0. The second-order valence-electron chi connectivity index (χ2n) is 24.3. The zero-order valence-corrected chi connectivity index (χ0v) is 57.2. The van der Waals surface area contributed by atoms with Gasteiger partial charge in [-0.05, 0) is 51.4 Å². The van der Waals surface area contributed by atoms with Crippen molar-refractivity contribution in [1.82, 2.24) is 0 Å². The smallest absolute Gasteiger partial charge is 0.550 e. The Morgan fingerprint density at radius 2 is 0.244 bits per heavy atom. The normalized spacial score (nSPS) is 10.6. The molecule has 10 heteroatoms. The second-order valence-corrected chi connectivity index (χ2v) is 24.3. The zero-order valence-electron chi connectivity index (χ0n) is 55.2. The van der Waals surface area contributed by atoms with E-state index in [0.29, 0.717) is 0 Å². The standard InChI is InChI=1S/4C18H36O2.Co.Ni/c4*1-2-3-4-5-6-7-8-9-10-11-12-13-14-15-16-17-18(19)20;;/h4*2-17H2,1H3,(H,19,20);;/q;;;;2*+2/p-4. The molecule has 8 nitrogen and oxygen atoms in total. The Morgan fingerprint density at radius 1 is 0.171 bits per heavy atom. The molecule has 0 aliphatic rings. The van der Waals surface area contributed by atoms with Crippen LogP contribution >= 0.6 is 0 Å². The van der Waals surface area contributed by atoms with Crippen molar-refractivity contribution in [2.45, 2.75) is 439 Å². The van der Waals surface area contributed by atoms with Crippen LogP contribution in [0.4, 0.5) is 0 Å². The van der Waals surface area contributed by atoms with Gasteiger partial charge in [0.1, 0.15) is 0 Å². The monoisotopic (exact) mass is 1250 g/mol. The van der Waals surface area contributed by atoms with Gasteiger partial charge >= 0.3 is 33.3 Å². The fourth-order valence-corrected chi connectivity index (χ4v) is 10.6. The van der Waals surface area contributed by atoms with E-state index in [1.165, 1.54) is 334 Å². The van der Waals surface area contributed by atoms with Crippen LogP contribution in [0.5, 0.6) is 0 Å². The number of hydrogen-bond donors (Lipinski definition) is 0. The van der Waals surface area contributed by atoms with Crippen molar-refractivity contribution < 1.29 is 72.9 Å². The van der Waals surface area contributed by atoms with Crippen molar-refractivity contribution in [3.63, 3.8) is 0 Å². The average Bonchev–Trinajstić information content (AvgIpc) is 3.43. The molecule has 82 heavy (non-hydrogen) atoms. The molecule has 0 aliphatic heterocycles. The van der Waals surface area contributed by atoms with E-state index in [2.05, 4.69) is 27.7 Å². The molecular formula is C72H140CoNiO8. The van der Waals surface area contributed by atoms with Crippen LogP contribution in [-0.2, 0) is 52.4 Å². The van der Waals surface area contributed by atoms with Gasteiger partial charge in [-0.3, -0.25) is 0 Å². The summed E-state index contributed by atoms with van der Waals surface area (Å²) in [5.74, 6) is -3.61. The predicted octanol–water partition coefficient (Wildman–Crippen LogP) is 20.0. The molecule has 0 saturated heterocycles. The van der Waals surface area contributed by atoms with E-state index in [1.807, 2.05) is 0 Å². The van der Waals surface area contributed by atoms with E-state index in [-0.39, 0.29) is 59.0 Å². The quantitative estimate of drug-likeness (QED) is 0.0430. The third-order valence-electron chi connectivity index (χ3n) is 15.9. The summed E-state index contributed by atoms with van der Waals surface area (Å²) in [6, 6.07) is 0. The van der Waals surface area contributed by atoms with Gasteiger partial charge in [-0.2, -0.15) is 0 Å². The maximum Gasteiger partial charge on any atom is 2.00 e. The van der Waals surface area contributed by atoms with Gasteiger partial charge in [0, 0.05) is 23.9 Å². The van der Waals surface area contributed by atoms with Crippen LogP contribution in [0.25, 0.3) is 0 Å². The van der Waals surface area contributed by atoms with Crippen LogP contribution in [0, 0.1) is 0 Å². The van der Waals surface area contributed by atoms with E-state index in [0.717, 1.165) is 51.4 Å². The largest absolute Gasteiger partial charge is 2.00 e. The van der Waals surface area contributed by atoms with E-state index in [1.54, 1.807) is 0 Å². The zero-order chi connectivity index (χ0) is 59.6. The van der Waals surface area contributed by atoms with Crippen LogP contribution in [-0.4, -0.2) is 23.9 Å². The minimum Gasteiger partial charge on any atom is -0.550 e. The van der Waals surface area contributed by atoms with Crippen molar-refractivity contribution in [3.05, 3.63) is 0 Å². The summed E-state index contributed by atoms with van der Waals surface area (Å²) < 4.78 is 0. The molecule has 0 atom stereocenters. The molecule has 0 spiro atoms. The molecule has 495 valence electrons. The summed E-state index contributed by atoms with van der Waals surface area (Å²) in [5.41, 5.74) is 0. The third kappa shape index (κ3) is 107. The first kappa shape index (κ1) is 92.0. The van der Waals surface area contributed by atoms with Crippen LogP contribution in [0.1, 0.15) is 439 Å². The molecule has 0 aromatic carbocycles.